The Labute approximate surface area is 177 Å². The molecule has 1 aliphatic rings. The van der Waals surface area contributed by atoms with E-state index < -0.39 is 23.5 Å². The summed E-state index contributed by atoms with van der Waals surface area (Å²) in [5.41, 5.74) is 3.51. The molecule has 30 heavy (non-hydrogen) atoms. The van der Waals surface area contributed by atoms with E-state index in [1.54, 1.807) is 31.2 Å². The van der Waals surface area contributed by atoms with E-state index in [0.717, 1.165) is 24.0 Å². The van der Waals surface area contributed by atoms with Crippen LogP contribution < -0.4 is 10.3 Å². The van der Waals surface area contributed by atoms with Crippen LogP contribution in [-0.2, 0) is 20.8 Å². The summed E-state index contributed by atoms with van der Waals surface area (Å²) in [4.78, 5) is 38.7. The van der Waals surface area contributed by atoms with Gasteiger partial charge in [-0.05, 0) is 48.9 Å². The molecule has 3 rings (SSSR count). The van der Waals surface area contributed by atoms with Crippen molar-refractivity contribution >= 4 is 34.7 Å². The van der Waals surface area contributed by atoms with Crippen LogP contribution >= 0.6 is 0 Å². The van der Waals surface area contributed by atoms with Crippen molar-refractivity contribution in [2.24, 2.45) is 11.0 Å². The standard InChI is InChI=1S/C24H27N3O3/c1-5-15(3)19-14-10-11-17(6-2)21(19)25-23(29)22(28)20-16(4)26-27(24(20)30)18-12-8-7-9-13-18/h7-15,20H,5-6H2,1-4H3,(H,25,29)/t15-,20+/m1/s1. The van der Waals surface area contributed by atoms with Gasteiger partial charge in [0.2, 0.25) is 5.78 Å². The molecule has 0 saturated carbocycles. The molecule has 2 aromatic carbocycles. The summed E-state index contributed by atoms with van der Waals surface area (Å²) < 4.78 is 0. The highest BCUT2D eigenvalue weighted by molar-refractivity contribution is 6.50. The lowest BCUT2D eigenvalue weighted by Crippen LogP contribution is -2.39. The molecule has 1 N–H and O–H groups in total. The van der Waals surface area contributed by atoms with Crippen molar-refractivity contribution in [3.8, 4) is 0 Å². The Morgan fingerprint density at radius 3 is 2.43 bits per heavy atom. The molecular weight excluding hydrogens is 378 g/mol. The molecular formula is C24H27N3O3. The second-order valence-electron chi connectivity index (χ2n) is 7.52. The predicted molar refractivity (Wildman–Crippen MR) is 119 cm³/mol. The normalized spacial score (nSPS) is 16.9. The lowest BCUT2D eigenvalue weighted by atomic mass is 9.93. The van der Waals surface area contributed by atoms with Gasteiger partial charge in [0.25, 0.3) is 11.8 Å². The molecule has 6 heteroatoms. The van der Waals surface area contributed by atoms with Crippen LogP contribution in [0, 0.1) is 5.92 Å². The SMILES string of the molecule is CCc1cccc([C@H](C)CC)c1NC(=O)C(=O)[C@H]1C(=O)N(c2ccccc2)N=C1C. The highest BCUT2D eigenvalue weighted by Gasteiger charge is 2.42. The van der Waals surface area contributed by atoms with E-state index in [-0.39, 0.29) is 5.92 Å². The van der Waals surface area contributed by atoms with Crippen molar-refractivity contribution < 1.29 is 14.4 Å². The van der Waals surface area contributed by atoms with Crippen LogP contribution in [0.15, 0.2) is 53.6 Å². The Kier molecular flexibility index (Phi) is 6.45. The molecule has 2 aromatic rings. The molecule has 0 fully saturated rings. The van der Waals surface area contributed by atoms with Crippen LogP contribution in [0.5, 0.6) is 0 Å². The van der Waals surface area contributed by atoms with E-state index in [4.69, 9.17) is 0 Å². The summed E-state index contributed by atoms with van der Waals surface area (Å²) >= 11 is 0. The Morgan fingerprint density at radius 1 is 1.10 bits per heavy atom. The smallest absolute Gasteiger partial charge is 0.293 e. The molecule has 0 spiro atoms. The molecule has 2 atom stereocenters. The number of nitrogens with zero attached hydrogens (tertiary/aromatic N) is 2. The van der Waals surface area contributed by atoms with Gasteiger partial charge in [0.15, 0.2) is 0 Å². The monoisotopic (exact) mass is 405 g/mol. The van der Waals surface area contributed by atoms with E-state index in [1.165, 1.54) is 5.01 Å². The summed E-state index contributed by atoms with van der Waals surface area (Å²) in [6.45, 7) is 7.76. The van der Waals surface area contributed by atoms with E-state index in [2.05, 4.69) is 24.3 Å². The van der Waals surface area contributed by atoms with Gasteiger partial charge in [-0.3, -0.25) is 14.4 Å². The van der Waals surface area contributed by atoms with Gasteiger partial charge in [-0.15, -0.1) is 0 Å². The second-order valence-corrected chi connectivity index (χ2v) is 7.52. The van der Waals surface area contributed by atoms with Gasteiger partial charge < -0.3 is 5.32 Å². The first kappa shape index (κ1) is 21.4. The number of carbonyl (C=O) groups is 3. The van der Waals surface area contributed by atoms with E-state index in [0.29, 0.717) is 17.1 Å². The summed E-state index contributed by atoms with van der Waals surface area (Å²) in [5.74, 6) is -3.06. The third-order valence-corrected chi connectivity index (χ3v) is 5.56. The summed E-state index contributed by atoms with van der Waals surface area (Å²) in [6, 6.07) is 14.7. The van der Waals surface area contributed by atoms with Crippen molar-refractivity contribution in [3.63, 3.8) is 0 Å². The molecule has 0 saturated heterocycles. The van der Waals surface area contributed by atoms with Gasteiger partial charge in [-0.1, -0.05) is 57.2 Å². The topological polar surface area (TPSA) is 78.8 Å². The molecule has 6 nitrogen and oxygen atoms in total. The number of hydrazone groups is 1. The van der Waals surface area contributed by atoms with Crippen molar-refractivity contribution in [3.05, 3.63) is 59.7 Å². The minimum Gasteiger partial charge on any atom is -0.319 e. The minimum absolute atomic E-state index is 0.229. The van der Waals surface area contributed by atoms with Crippen LogP contribution in [0.25, 0.3) is 0 Å². The first-order valence-corrected chi connectivity index (χ1v) is 10.3. The molecule has 0 aromatic heterocycles. The third kappa shape index (κ3) is 4.03. The van der Waals surface area contributed by atoms with Gasteiger partial charge >= 0.3 is 0 Å². The average Bonchev–Trinajstić information content (AvgIpc) is 3.07. The van der Waals surface area contributed by atoms with Crippen LogP contribution in [0.1, 0.15) is 51.2 Å². The fraction of sp³-hybridized carbons (Fsp3) is 0.333. The number of hydrogen-bond donors (Lipinski definition) is 1. The number of hydrogen-bond acceptors (Lipinski definition) is 4. The molecule has 156 valence electrons. The van der Waals surface area contributed by atoms with Crippen LogP contribution in [0.4, 0.5) is 11.4 Å². The summed E-state index contributed by atoms with van der Waals surface area (Å²) in [6.07, 6.45) is 1.63. The number of carbonyl (C=O) groups excluding carboxylic acids is 3. The fourth-order valence-corrected chi connectivity index (χ4v) is 3.63. The van der Waals surface area contributed by atoms with Gasteiger partial charge in [-0.2, -0.15) is 10.1 Å². The Hall–Kier alpha value is -3.28. The highest BCUT2D eigenvalue weighted by Crippen LogP contribution is 2.31. The summed E-state index contributed by atoms with van der Waals surface area (Å²) in [7, 11) is 0. The zero-order chi connectivity index (χ0) is 21.8. The first-order chi connectivity index (χ1) is 14.4. The largest absolute Gasteiger partial charge is 0.319 e. The zero-order valence-corrected chi connectivity index (χ0v) is 17.8. The average molecular weight is 405 g/mol. The first-order valence-electron chi connectivity index (χ1n) is 10.3. The van der Waals surface area contributed by atoms with Crippen molar-refractivity contribution in [2.45, 2.75) is 46.5 Å². The third-order valence-electron chi connectivity index (χ3n) is 5.56. The number of ketones is 1. The zero-order valence-electron chi connectivity index (χ0n) is 17.8. The number of nitrogens with one attached hydrogen (secondary N) is 1. The maximum atomic E-state index is 13.0. The lowest BCUT2D eigenvalue weighted by Gasteiger charge is -2.19. The van der Waals surface area contributed by atoms with Crippen LogP contribution in [-0.4, -0.2) is 23.3 Å². The minimum atomic E-state index is -1.20. The molecule has 1 aliphatic heterocycles. The van der Waals surface area contributed by atoms with Crippen molar-refractivity contribution in [1.29, 1.82) is 0 Å². The molecule has 0 radical (unpaired) electrons. The maximum absolute atomic E-state index is 13.0. The Balaban J connectivity index is 1.85. The number of benzene rings is 2. The maximum Gasteiger partial charge on any atom is 0.293 e. The van der Waals surface area contributed by atoms with Crippen LogP contribution in [0.3, 0.4) is 0 Å². The van der Waals surface area contributed by atoms with E-state index in [9.17, 15) is 14.4 Å². The van der Waals surface area contributed by atoms with E-state index in [1.807, 2.05) is 31.2 Å². The molecule has 0 bridgehead atoms. The number of Topliss-reactive ketones (excluding diaryl/α,β-unsaturated/α-hetero) is 1. The molecule has 1 heterocycles. The van der Waals surface area contributed by atoms with Gasteiger partial charge in [0.05, 0.1) is 11.4 Å². The number of rotatable bonds is 7. The van der Waals surface area contributed by atoms with Gasteiger partial charge in [0, 0.05) is 5.69 Å². The number of aryl methyl sites for hydroxylation is 1. The Bertz CT molecular complexity index is 998. The number of amides is 2. The van der Waals surface area contributed by atoms with Crippen molar-refractivity contribution in [1.82, 2.24) is 0 Å². The lowest BCUT2D eigenvalue weighted by molar-refractivity contribution is -0.138. The van der Waals surface area contributed by atoms with Gasteiger partial charge in [0.1, 0.15) is 5.92 Å². The highest BCUT2D eigenvalue weighted by atomic mass is 16.2. The number of para-hydroxylation sites is 2. The van der Waals surface area contributed by atoms with Gasteiger partial charge in [-0.25, -0.2) is 0 Å². The fourth-order valence-electron chi connectivity index (χ4n) is 3.63. The molecule has 2 amide bonds. The Morgan fingerprint density at radius 2 is 1.80 bits per heavy atom. The van der Waals surface area contributed by atoms with Crippen LogP contribution in [0.2, 0.25) is 0 Å². The second kappa shape index (κ2) is 9.03. The molecule has 0 unspecified atom stereocenters. The number of anilines is 2. The predicted octanol–water partition coefficient (Wildman–Crippen LogP) is 4.31. The molecule has 0 aliphatic carbocycles. The summed E-state index contributed by atoms with van der Waals surface area (Å²) in [5, 5.41) is 8.22. The van der Waals surface area contributed by atoms with Crippen molar-refractivity contribution in [2.75, 3.05) is 10.3 Å². The quantitative estimate of drug-likeness (QED) is 0.551. The van der Waals surface area contributed by atoms with E-state index >= 15 is 0 Å².